The van der Waals surface area contributed by atoms with Crippen molar-refractivity contribution in [2.75, 3.05) is 0 Å². The van der Waals surface area contributed by atoms with Gasteiger partial charge in [0.25, 0.3) is 0 Å². The quantitative estimate of drug-likeness (QED) is 0.149. The van der Waals surface area contributed by atoms with Crippen LogP contribution in [0.2, 0.25) is 0 Å². The van der Waals surface area contributed by atoms with Gasteiger partial charge in [-0.25, -0.2) is 15.0 Å². The van der Waals surface area contributed by atoms with E-state index in [1.54, 1.807) is 35.6 Å². The van der Waals surface area contributed by atoms with E-state index in [0.29, 0.717) is 11.3 Å². The maximum Gasteiger partial charge on any atom is 0.164 e. The molecular weight excluding hydrogens is 935 g/mol. The van der Waals surface area contributed by atoms with Gasteiger partial charge in [0, 0.05) is 57.0 Å². The minimum atomic E-state index is -0.907. The van der Waals surface area contributed by atoms with E-state index < -0.39 is 234 Å². The second kappa shape index (κ2) is 17.3. The van der Waals surface area contributed by atoms with Gasteiger partial charge in [-0.3, -0.25) is 0 Å². The average Bonchev–Trinajstić information content (AvgIpc) is 0.760. The van der Waals surface area contributed by atoms with E-state index in [1.807, 2.05) is 36.4 Å². The molecule has 3 heterocycles. The largest absolute Gasteiger partial charge is 0.208 e. The number of thiophene rings is 2. The Labute approximate surface area is 471 Å². The Hall–Kier alpha value is -9.13. The van der Waals surface area contributed by atoms with Crippen molar-refractivity contribution in [2.24, 2.45) is 0 Å². The van der Waals surface area contributed by atoms with Gasteiger partial charge in [-0.15, -0.1) is 22.7 Å². The van der Waals surface area contributed by atoms with Crippen molar-refractivity contribution in [2.45, 2.75) is 0 Å². The first-order valence-corrected chi connectivity index (χ1v) is 24.5. The summed E-state index contributed by atoms with van der Waals surface area (Å²) in [6, 6.07) is 8.54. The van der Waals surface area contributed by atoms with Crippen LogP contribution in [0.25, 0.3) is 151 Å². The van der Waals surface area contributed by atoms with Gasteiger partial charge in [0.05, 0.1) is 35.6 Å². The maximum atomic E-state index is 10.1. The van der Waals surface area contributed by atoms with E-state index in [0.717, 1.165) is 42.4 Å². The number of hydrogen-bond donors (Lipinski definition) is 0. The molecule has 5 heteroatoms. The molecule has 0 spiro atoms. The summed E-state index contributed by atoms with van der Waals surface area (Å²) >= 11 is 2.33. The molecule has 15 aromatic rings. The molecule has 0 amide bonds. The molecular formula is C69H41N3S2. The lowest BCUT2D eigenvalue weighted by Gasteiger charge is -2.13. The van der Waals surface area contributed by atoms with Crippen LogP contribution in [0, 0.1) is 0 Å². The van der Waals surface area contributed by atoms with Crippen molar-refractivity contribution in [3.63, 3.8) is 0 Å². The lowest BCUT2D eigenvalue weighted by molar-refractivity contribution is 1.08. The molecule has 0 fully saturated rings. The molecule has 0 bridgehead atoms. The highest BCUT2D eigenvalue weighted by atomic mass is 32.1. The summed E-state index contributed by atoms with van der Waals surface area (Å²) in [4.78, 5) is 14.4. The molecule has 0 atom stereocenters. The third-order valence-electron chi connectivity index (χ3n) is 12.8. The van der Waals surface area contributed by atoms with Crippen LogP contribution in [0.4, 0.5) is 0 Å². The predicted octanol–water partition coefficient (Wildman–Crippen LogP) is 19.7. The number of nitrogens with zero attached hydrogens (tertiary/aromatic N) is 3. The van der Waals surface area contributed by atoms with Gasteiger partial charge >= 0.3 is 0 Å². The Morgan fingerprint density at radius 1 is 0.257 bits per heavy atom. The third kappa shape index (κ3) is 7.12. The fourth-order valence-corrected chi connectivity index (χ4v) is 11.5. The molecule has 0 aliphatic rings. The van der Waals surface area contributed by atoms with E-state index in [2.05, 4.69) is 30.3 Å². The highest BCUT2D eigenvalue weighted by Gasteiger charge is 2.18. The number of rotatable bonds is 7. The topological polar surface area (TPSA) is 38.7 Å². The van der Waals surface area contributed by atoms with E-state index in [4.69, 9.17) is 35.5 Å². The summed E-state index contributed by atoms with van der Waals surface area (Å²) in [5.74, 6) is -1.34. The minimum absolute atomic E-state index is 0.193. The molecule has 3 aromatic heterocycles. The zero-order valence-electron chi connectivity index (χ0n) is 63.8. The molecule has 0 radical (unpaired) electrons. The molecule has 0 unspecified atom stereocenters. The summed E-state index contributed by atoms with van der Waals surface area (Å²) in [6.07, 6.45) is 0. The Balaban J connectivity index is 0.989. The standard InChI is InChI=1S/C69H41N3S2/c1-2-14-42(15-3-1)49-16-4-6-18-51(49)45-33-37-64-62(38-45)60-36-32-48(41-66(60)74-64)69-71-67(70-68(72-69)47-31-34-57-55-22-9-8-20-53(55)54-21-10-11-23-56(54)61(57)39-47)44-28-26-43(27-29-44)50-17-5-7-19-52(50)46-30-35-59-58-24-12-13-25-63(58)73-65(59)40-46/h1-41H/i1D,2D,3D,4D,6D,8D,9D,10D,11D,14D,15D,16D,18D,20D,21D,22D,23D,31D,32D,33D,34D,36D,37D,38D,39D,41D. The number of hydrogen-bond acceptors (Lipinski definition) is 5. The van der Waals surface area contributed by atoms with Crippen LogP contribution in [-0.4, -0.2) is 15.0 Å². The summed E-state index contributed by atoms with van der Waals surface area (Å²) in [5.41, 5.74) is -0.136. The van der Waals surface area contributed by atoms with Gasteiger partial charge in [-0.2, -0.15) is 0 Å². The molecule has 0 aliphatic heterocycles. The van der Waals surface area contributed by atoms with E-state index >= 15 is 0 Å². The van der Waals surface area contributed by atoms with E-state index in [-0.39, 0.29) is 31.6 Å². The first-order valence-electron chi connectivity index (χ1n) is 35.9. The molecule has 74 heavy (non-hydrogen) atoms. The summed E-state index contributed by atoms with van der Waals surface area (Å²) in [6.45, 7) is 0. The van der Waals surface area contributed by atoms with Crippen molar-refractivity contribution in [3.8, 4) is 78.7 Å². The van der Waals surface area contributed by atoms with Gasteiger partial charge < -0.3 is 0 Å². The smallest absolute Gasteiger partial charge is 0.164 e. The molecule has 12 aromatic carbocycles. The predicted molar refractivity (Wildman–Crippen MR) is 316 cm³/mol. The van der Waals surface area contributed by atoms with Gasteiger partial charge in [-0.1, -0.05) is 212 Å². The first kappa shape index (κ1) is 24.1. The number of aromatic nitrogens is 3. The van der Waals surface area contributed by atoms with Crippen LogP contribution in [-0.2, 0) is 0 Å². The minimum Gasteiger partial charge on any atom is -0.208 e. The lowest BCUT2D eigenvalue weighted by atomic mass is 9.93. The fraction of sp³-hybridized carbons (Fsp3) is 0. The Kier molecular flexibility index (Phi) is 5.62. The summed E-state index contributed by atoms with van der Waals surface area (Å²) in [5, 5.41) is -0.883. The van der Waals surface area contributed by atoms with Crippen molar-refractivity contribution >= 4 is 95.3 Å². The van der Waals surface area contributed by atoms with Crippen molar-refractivity contribution in [3.05, 3.63) is 248 Å². The second-order valence-corrected chi connectivity index (χ2v) is 19.1. The van der Waals surface area contributed by atoms with Crippen LogP contribution in [0.1, 0.15) is 35.6 Å². The van der Waals surface area contributed by atoms with Gasteiger partial charge in [0.15, 0.2) is 17.5 Å². The second-order valence-electron chi connectivity index (χ2n) is 17.0. The van der Waals surface area contributed by atoms with Crippen LogP contribution in [0.3, 0.4) is 0 Å². The van der Waals surface area contributed by atoms with Gasteiger partial charge in [0.2, 0.25) is 0 Å². The van der Waals surface area contributed by atoms with Gasteiger partial charge in [-0.05, 0) is 113 Å². The van der Waals surface area contributed by atoms with Crippen molar-refractivity contribution < 1.29 is 35.6 Å². The molecule has 0 N–H and O–H groups in total. The Morgan fingerprint density at radius 2 is 0.757 bits per heavy atom. The Morgan fingerprint density at radius 3 is 1.49 bits per heavy atom. The number of benzene rings is 12. The molecule has 344 valence electrons. The number of fused-ring (bicyclic) bond motifs is 12. The fourth-order valence-electron chi connectivity index (χ4n) is 9.37. The normalized spacial score (nSPS) is 16.7. The average molecular weight is 1000 g/mol. The zero-order valence-corrected chi connectivity index (χ0v) is 39.5. The summed E-state index contributed by atoms with van der Waals surface area (Å²) < 4.78 is 240. The monoisotopic (exact) mass is 1000 g/mol. The summed E-state index contributed by atoms with van der Waals surface area (Å²) in [7, 11) is 0. The van der Waals surface area contributed by atoms with Crippen LogP contribution in [0.15, 0.2) is 248 Å². The van der Waals surface area contributed by atoms with Crippen molar-refractivity contribution in [1.82, 2.24) is 15.0 Å². The highest BCUT2D eigenvalue weighted by Crippen LogP contribution is 2.43. The Bertz CT molecular complexity index is 6240. The molecule has 3 nitrogen and oxygen atoms in total. The lowest BCUT2D eigenvalue weighted by Crippen LogP contribution is -2.00. The first-order chi connectivity index (χ1) is 47.5. The SMILES string of the molecule is [2H]c1c([2H])c([2H])c(-c2c([2H])c([2H])c([2H])c([2H])c2-c2c([2H])c([2H])c3sc4c([2H])c(-c5nc(-c6ccc(-c7ccccc7-c7ccc8c(c7)sc7ccccc78)cc6)nc(-c6c([2H])c([2H])c7c8c([2H])c([2H])c([2H])c([2H])c8c8c([2H])c([2H])c([2H])c([2H])c8c7c6[2H])n5)c([2H])c([2H])c4c3c2[2H])c([2H])c1[2H]. The maximum absolute atomic E-state index is 10.1. The zero-order chi connectivity index (χ0) is 71.3. The highest BCUT2D eigenvalue weighted by molar-refractivity contribution is 7.26. The molecule has 15 rings (SSSR count). The molecule has 0 aliphatic carbocycles. The van der Waals surface area contributed by atoms with Crippen LogP contribution >= 0.6 is 22.7 Å². The van der Waals surface area contributed by atoms with Gasteiger partial charge in [0.1, 0.15) is 0 Å². The van der Waals surface area contributed by atoms with Crippen molar-refractivity contribution in [1.29, 1.82) is 0 Å². The van der Waals surface area contributed by atoms with Crippen LogP contribution in [0.5, 0.6) is 0 Å². The van der Waals surface area contributed by atoms with Crippen LogP contribution < -0.4 is 0 Å². The third-order valence-corrected chi connectivity index (χ3v) is 14.9. The van der Waals surface area contributed by atoms with E-state index in [1.165, 1.54) is 0 Å². The van der Waals surface area contributed by atoms with E-state index in [9.17, 15) is 15.1 Å². The molecule has 0 saturated heterocycles. The molecule has 0 saturated carbocycles.